The van der Waals surface area contributed by atoms with Crippen molar-refractivity contribution in [3.05, 3.63) is 35.9 Å². The van der Waals surface area contributed by atoms with E-state index >= 15 is 0 Å². The fourth-order valence-electron chi connectivity index (χ4n) is 1.59. The maximum atomic E-state index is 11.8. The molecule has 0 aliphatic heterocycles. The number of carbonyl (C=O) groups is 4. The zero-order chi connectivity index (χ0) is 17.2. The Labute approximate surface area is 134 Å². The minimum Gasteiger partial charge on any atom is -0.456 e. The molecule has 0 radical (unpaired) electrons. The summed E-state index contributed by atoms with van der Waals surface area (Å²) in [6, 6.07) is 8.62. The van der Waals surface area contributed by atoms with E-state index in [9.17, 15) is 19.2 Å². The van der Waals surface area contributed by atoms with E-state index in [1.54, 1.807) is 44.4 Å². The maximum absolute atomic E-state index is 11.8. The molecule has 0 aliphatic rings. The molecule has 0 aliphatic carbocycles. The van der Waals surface area contributed by atoms with E-state index in [1.807, 2.05) is 0 Å². The molecule has 1 rings (SSSR count). The van der Waals surface area contributed by atoms with Crippen LogP contribution in [-0.4, -0.2) is 55.7 Å². The number of likely N-dealkylation sites (N-methyl/N-ethyl adjacent to an activating group) is 1. The molecule has 7 heteroatoms. The number of Topliss-reactive ketones (excluding diaryl/α,β-unsaturated/α-hetero) is 1. The molecule has 0 fully saturated rings. The average molecular weight is 320 g/mol. The Morgan fingerprint density at radius 3 is 2.30 bits per heavy atom. The van der Waals surface area contributed by atoms with Gasteiger partial charge >= 0.3 is 5.97 Å². The van der Waals surface area contributed by atoms with E-state index < -0.39 is 18.5 Å². The van der Waals surface area contributed by atoms with Crippen molar-refractivity contribution in [2.24, 2.45) is 0 Å². The Morgan fingerprint density at radius 1 is 1.04 bits per heavy atom. The molecule has 0 saturated carbocycles. The molecule has 0 spiro atoms. The number of ether oxygens (including phenoxy) is 1. The normalized spacial score (nSPS) is 9.83. The van der Waals surface area contributed by atoms with E-state index in [4.69, 9.17) is 4.74 Å². The summed E-state index contributed by atoms with van der Waals surface area (Å²) in [6.45, 7) is -0.630. The Balaban J connectivity index is 2.23. The number of hydrogen-bond acceptors (Lipinski definition) is 5. The quantitative estimate of drug-likeness (QED) is 0.553. The molecule has 0 atom stereocenters. The van der Waals surface area contributed by atoms with E-state index in [0.717, 1.165) is 0 Å². The number of nitrogens with zero attached hydrogens (tertiary/aromatic N) is 1. The number of carbonyl (C=O) groups excluding carboxylic acids is 4. The van der Waals surface area contributed by atoms with Gasteiger partial charge in [0.25, 0.3) is 5.91 Å². The highest BCUT2D eigenvalue weighted by atomic mass is 16.5. The first kappa shape index (κ1) is 18.3. The summed E-state index contributed by atoms with van der Waals surface area (Å²) in [4.78, 5) is 47.3. The lowest BCUT2D eigenvalue weighted by atomic mass is 10.1. The smallest absolute Gasteiger partial charge is 0.306 e. The van der Waals surface area contributed by atoms with Gasteiger partial charge in [-0.2, -0.15) is 0 Å². The van der Waals surface area contributed by atoms with Gasteiger partial charge in [-0.25, -0.2) is 0 Å². The van der Waals surface area contributed by atoms with E-state index in [0.29, 0.717) is 5.56 Å². The van der Waals surface area contributed by atoms with Gasteiger partial charge in [-0.3, -0.25) is 19.2 Å². The fraction of sp³-hybridized carbons (Fsp3) is 0.375. The molecule has 0 saturated heterocycles. The topological polar surface area (TPSA) is 92.8 Å². The largest absolute Gasteiger partial charge is 0.456 e. The molecule has 2 amide bonds. The average Bonchev–Trinajstić information content (AvgIpc) is 2.56. The first-order valence-corrected chi connectivity index (χ1v) is 7.11. The molecule has 1 aromatic rings. The van der Waals surface area contributed by atoms with Crippen molar-refractivity contribution < 1.29 is 23.9 Å². The number of benzene rings is 1. The number of ketones is 1. The molecular weight excluding hydrogens is 300 g/mol. The molecule has 7 nitrogen and oxygen atoms in total. The summed E-state index contributed by atoms with van der Waals surface area (Å²) < 4.78 is 4.75. The minimum absolute atomic E-state index is 0.0174. The molecule has 0 unspecified atom stereocenters. The third-order valence-corrected chi connectivity index (χ3v) is 2.95. The van der Waals surface area contributed by atoms with E-state index in [-0.39, 0.29) is 31.1 Å². The highest BCUT2D eigenvalue weighted by Crippen LogP contribution is 2.05. The van der Waals surface area contributed by atoms with Gasteiger partial charge in [0.15, 0.2) is 12.4 Å². The number of rotatable bonds is 8. The SMILES string of the molecule is CN(C)C(=O)CNC(=O)COC(=O)CCC(=O)c1ccccc1. The second-order valence-corrected chi connectivity index (χ2v) is 5.01. The molecule has 1 N–H and O–H groups in total. The van der Waals surface area contributed by atoms with Crippen LogP contribution in [0.4, 0.5) is 0 Å². The van der Waals surface area contributed by atoms with Gasteiger partial charge in [0.05, 0.1) is 13.0 Å². The van der Waals surface area contributed by atoms with Crippen LogP contribution in [0.2, 0.25) is 0 Å². The lowest BCUT2D eigenvalue weighted by Crippen LogP contribution is -2.38. The molecule has 0 aromatic heterocycles. The van der Waals surface area contributed by atoms with Crippen LogP contribution in [0.5, 0.6) is 0 Å². The number of esters is 1. The van der Waals surface area contributed by atoms with Crippen molar-refractivity contribution in [3.8, 4) is 0 Å². The van der Waals surface area contributed by atoms with Crippen LogP contribution in [0, 0.1) is 0 Å². The molecule has 124 valence electrons. The standard InChI is InChI=1S/C16H20N2O5/c1-18(2)15(21)10-17-14(20)11-23-16(22)9-8-13(19)12-6-4-3-5-7-12/h3-7H,8-11H2,1-2H3,(H,17,20). The van der Waals surface area contributed by atoms with Crippen molar-refractivity contribution in [2.45, 2.75) is 12.8 Å². The number of nitrogens with one attached hydrogen (secondary N) is 1. The van der Waals surface area contributed by atoms with Crippen molar-refractivity contribution in [3.63, 3.8) is 0 Å². The monoisotopic (exact) mass is 320 g/mol. The highest BCUT2D eigenvalue weighted by molar-refractivity contribution is 5.97. The summed E-state index contributed by atoms with van der Waals surface area (Å²) in [5.41, 5.74) is 0.528. The Morgan fingerprint density at radius 2 is 1.70 bits per heavy atom. The highest BCUT2D eigenvalue weighted by Gasteiger charge is 2.12. The summed E-state index contributed by atoms with van der Waals surface area (Å²) in [6.07, 6.45) is -0.0821. The van der Waals surface area contributed by atoms with Gasteiger partial charge in [-0.1, -0.05) is 30.3 Å². The zero-order valence-corrected chi connectivity index (χ0v) is 13.2. The second-order valence-electron chi connectivity index (χ2n) is 5.01. The van der Waals surface area contributed by atoms with Gasteiger partial charge in [-0.15, -0.1) is 0 Å². The third-order valence-electron chi connectivity index (χ3n) is 2.95. The van der Waals surface area contributed by atoms with Crippen molar-refractivity contribution in [2.75, 3.05) is 27.2 Å². The van der Waals surface area contributed by atoms with Crippen molar-refractivity contribution in [1.29, 1.82) is 0 Å². The number of amides is 2. The molecule has 23 heavy (non-hydrogen) atoms. The van der Waals surface area contributed by atoms with Crippen LogP contribution in [0.3, 0.4) is 0 Å². The van der Waals surface area contributed by atoms with Crippen LogP contribution in [-0.2, 0) is 19.1 Å². The predicted octanol–water partition coefficient (Wildman–Crippen LogP) is 0.397. The molecule has 1 aromatic carbocycles. The van der Waals surface area contributed by atoms with Crippen LogP contribution in [0.15, 0.2) is 30.3 Å². The summed E-state index contributed by atoms with van der Waals surface area (Å²) in [5, 5.41) is 2.34. The lowest BCUT2D eigenvalue weighted by molar-refractivity contribution is -0.148. The van der Waals surface area contributed by atoms with Gasteiger partial charge in [0, 0.05) is 26.1 Å². The van der Waals surface area contributed by atoms with Crippen LogP contribution >= 0.6 is 0 Å². The minimum atomic E-state index is -0.636. The summed E-state index contributed by atoms with van der Waals surface area (Å²) in [5.74, 6) is -1.63. The van der Waals surface area contributed by atoms with Crippen molar-refractivity contribution in [1.82, 2.24) is 10.2 Å². The van der Waals surface area contributed by atoms with E-state index in [2.05, 4.69) is 5.32 Å². The Hall–Kier alpha value is -2.70. The second kappa shape index (κ2) is 9.34. The van der Waals surface area contributed by atoms with Crippen LogP contribution in [0.25, 0.3) is 0 Å². The van der Waals surface area contributed by atoms with Crippen molar-refractivity contribution >= 4 is 23.6 Å². The van der Waals surface area contributed by atoms with Gasteiger partial charge in [-0.05, 0) is 0 Å². The third kappa shape index (κ3) is 7.21. The maximum Gasteiger partial charge on any atom is 0.306 e. The van der Waals surface area contributed by atoms with Gasteiger partial charge in [0.2, 0.25) is 5.91 Å². The summed E-state index contributed by atoms with van der Waals surface area (Å²) >= 11 is 0. The van der Waals surface area contributed by atoms with E-state index in [1.165, 1.54) is 4.90 Å². The Bertz CT molecular complexity index is 569. The zero-order valence-electron chi connectivity index (χ0n) is 13.2. The molecule has 0 bridgehead atoms. The lowest BCUT2D eigenvalue weighted by Gasteiger charge is -2.11. The van der Waals surface area contributed by atoms with Crippen LogP contribution in [0.1, 0.15) is 23.2 Å². The predicted molar refractivity (Wildman–Crippen MR) is 82.7 cm³/mol. The van der Waals surface area contributed by atoms with Gasteiger partial charge in [0.1, 0.15) is 0 Å². The van der Waals surface area contributed by atoms with Gasteiger partial charge < -0.3 is 15.0 Å². The molecule has 0 heterocycles. The first-order valence-electron chi connectivity index (χ1n) is 7.11. The van der Waals surface area contributed by atoms with Crippen LogP contribution < -0.4 is 5.32 Å². The molecular formula is C16H20N2O5. The number of hydrogen-bond donors (Lipinski definition) is 1. The first-order chi connectivity index (χ1) is 10.9. The Kier molecular flexibility index (Phi) is 7.45. The summed E-state index contributed by atoms with van der Waals surface area (Å²) in [7, 11) is 3.14. The fourth-order valence-corrected chi connectivity index (χ4v) is 1.59.